The molecule has 4 nitrogen and oxygen atoms in total. The van der Waals surface area contributed by atoms with Gasteiger partial charge >= 0.3 is 11.9 Å². The van der Waals surface area contributed by atoms with Crippen molar-refractivity contribution in [1.82, 2.24) is 0 Å². The summed E-state index contributed by atoms with van der Waals surface area (Å²) in [5.74, 6) is -1.71. The Bertz CT molecular complexity index is 451. The number of carboxylic acids is 1. The van der Waals surface area contributed by atoms with Gasteiger partial charge in [-0.25, -0.2) is 9.59 Å². The van der Waals surface area contributed by atoms with Crippen molar-refractivity contribution in [3.63, 3.8) is 0 Å². The molecule has 0 aromatic heterocycles. The number of allylic oxidation sites excluding steroid dienone is 1. The Labute approximate surface area is 112 Å². The lowest BCUT2D eigenvalue weighted by atomic mass is 10.1. The Kier molecular flexibility index (Phi) is 6.36. The van der Waals surface area contributed by atoms with Crippen LogP contribution in [-0.2, 0) is 4.74 Å². The smallest absolute Gasteiger partial charge is 0.339 e. The van der Waals surface area contributed by atoms with Crippen LogP contribution in [0.15, 0.2) is 36.9 Å². The van der Waals surface area contributed by atoms with Crippen molar-refractivity contribution >= 4 is 11.9 Å². The number of carbonyl (C=O) groups is 2. The van der Waals surface area contributed by atoms with Gasteiger partial charge in [-0.05, 0) is 37.8 Å². The van der Waals surface area contributed by atoms with Gasteiger partial charge in [-0.1, -0.05) is 18.2 Å². The van der Waals surface area contributed by atoms with Gasteiger partial charge in [-0.3, -0.25) is 0 Å². The van der Waals surface area contributed by atoms with Crippen molar-refractivity contribution in [3.8, 4) is 0 Å². The Hall–Kier alpha value is -2.10. The third-order valence-corrected chi connectivity index (χ3v) is 2.66. The lowest BCUT2D eigenvalue weighted by molar-refractivity contribution is 0.0487. The molecule has 0 aliphatic carbocycles. The highest BCUT2D eigenvalue weighted by Crippen LogP contribution is 2.11. The summed E-state index contributed by atoms with van der Waals surface area (Å²) >= 11 is 0. The first-order valence-corrected chi connectivity index (χ1v) is 6.27. The van der Waals surface area contributed by atoms with E-state index in [1.165, 1.54) is 12.1 Å². The molecule has 0 saturated carbocycles. The molecule has 4 heteroatoms. The van der Waals surface area contributed by atoms with Crippen LogP contribution in [0, 0.1) is 0 Å². The molecule has 1 N–H and O–H groups in total. The third kappa shape index (κ3) is 4.95. The zero-order chi connectivity index (χ0) is 14.1. The van der Waals surface area contributed by atoms with E-state index in [9.17, 15) is 9.59 Å². The summed E-state index contributed by atoms with van der Waals surface area (Å²) in [5, 5.41) is 8.97. The average Bonchev–Trinajstić information content (AvgIpc) is 2.42. The monoisotopic (exact) mass is 262 g/mol. The lowest BCUT2D eigenvalue weighted by Gasteiger charge is -2.06. The van der Waals surface area contributed by atoms with E-state index in [4.69, 9.17) is 9.84 Å². The molecule has 0 spiro atoms. The molecule has 0 fully saturated rings. The normalized spacial score (nSPS) is 9.89. The van der Waals surface area contributed by atoms with Crippen LogP contribution in [-0.4, -0.2) is 23.7 Å². The van der Waals surface area contributed by atoms with Crippen molar-refractivity contribution in [1.29, 1.82) is 0 Å². The molecule has 0 atom stereocenters. The SMILES string of the molecule is C=CCCCCCOC(=O)c1ccccc1C(=O)O. The number of hydrogen-bond acceptors (Lipinski definition) is 3. The second-order valence-corrected chi connectivity index (χ2v) is 4.12. The topological polar surface area (TPSA) is 63.6 Å². The maximum Gasteiger partial charge on any atom is 0.339 e. The summed E-state index contributed by atoms with van der Waals surface area (Å²) in [6.07, 6.45) is 5.56. The van der Waals surface area contributed by atoms with E-state index >= 15 is 0 Å². The molecule has 0 saturated heterocycles. The zero-order valence-corrected chi connectivity index (χ0v) is 10.8. The number of carbonyl (C=O) groups excluding carboxylic acids is 1. The molecule has 102 valence electrons. The van der Waals surface area contributed by atoms with Crippen LogP contribution in [0.5, 0.6) is 0 Å². The summed E-state index contributed by atoms with van der Waals surface area (Å²) in [7, 11) is 0. The first-order chi connectivity index (χ1) is 9.16. The molecule has 0 aliphatic heterocycles. The van der Waals surface area contributed by atoms with E-state index in [1.54, 1.807) is 12.1 Å². The van der Waals surface area contributed by atoms with Crippen LogP contribution in [0.25, 0.3) is 0 Å². The van der Waals surface area contributed by atoms with E-state index < -0.39 is 11.9 Å². The second kappa shape index (κ2) is 8.08. The summed E-state index contributed by atoms with van der Waals surface area (Å²) in [6, 6.07) is 6.05. The number of aromatic carboxylic acids is 1. The number of esters is 1. The predicted molar refractivity (Wildman–Crippen MR) is 72.3 cm³/mol. The average molecular weight is 262 g/mol. The second-order valence-electron chi connectivity index (χ2n) is 4.12. The lowest BCUT2D eigenvalue weighted by Crippen LogP contribution is -2.12. The molecular formula is C15H18O4. The minimum absolute atomic E-state index is 0.0286. The largest absolute Gasteiger partial charge is 0.478 e. The number of benzene rings is 1. The van der Waals surface area contributed by atoms with Gasteiger partial charge in [0.2, 0.25) is 0 Å². The summed E-state index contributed by atoms with van der Waals surface area (Å²) in [5.41, 5.74) is 0.0697. The van der Waals surface area contributed by atoms with Crippen molar-refractivity contribution in [2.45, 2.75) is 25.7 Å². The maximum absolute atomic E-state index is 11.8. The van der Waals surface area contributed by atoms with E-state index in [2.05, 4.69) is 6.58 Å². The maximum atomic E-state index is 11.8. The van der Waals surface area contributed by atoms with E-state index in [1.807, 2.05) is 6.08 Å². The van der Waals surface area contributed by atoms with Crippen LogP contribution < -0.4 is 0 Å². The molecule has 1 aromatic rings. The molecule has 0 bridgehead atoms. The van der Waals surface area contributed by atoms with E-state index in [0.29, 0.717) is 6.61 Å². The van der Waals surface area contributed by atoms with Crippen molar-refractivity contribution < 1.29 is 19.4 Å². The fourth-order valence-corrected chi connectivity index (χ4v) is 1.66. The molecule has 0 unspecified atom stereocenters. The predicted octanol–water partition coefficient (Wildman–Crippen LogP) is 3.29. The highest BCUT2D eigenvalue weighted by atomic mass is 16.5. The van der Waals surface area contributed by atoms with Gasteiger partial charge in [0.1, 0.15) is 0 Å². The molecule has 0 amide bonds. The molecular weight excluding hydrogens is 244 g/mol. The van der Waals surface area contributed by atoms with Crippen LogP contribution in [0.3, 0.4) is 0 Å². The van der Waals surface area contributed by atoms with Gasteiger partial charge in [0, 0.05) is 0 Å². The van der Waals surface area contributed by atoms with Gasteiger partial charge in [0.05, 0.1) is 17.7 Å². The summed E-state index contributed by atoms with van der Waals surface area (Å²) in [6.45, 7) is 3.94. The summed E-state index contributed by atoms with van der Waals surface area (Å²) < 4.78 is 5.07. The van der Waals surface area contributed by atoms with Gasteiger partial charge in [0.15, 0.2) is 0 Å². The minimum Gasteiger partial charge on any atom is -0.478 e. The molecule has 0 aliphatic rings. The Morgan fingerprint density at radius 3 is 2.47 bits per heavy atom. The number of unbranched alkanes of at least 4 members (excludes halogenated alkanes) is 3. The van der Waals surface area contributed by atoms with E-state index in [0.717, 1.165) is 25.7 Å². The molecule has 1 rings (SSSR count). The third-order valence-electron chi connectivity index (χ3n) is 2.66. The van der Waals surface area contributed by atoms with E-state index in [-0.39, 0.29) is 11.1 Å². The zero-order valence-electron chi connectivity index (χ0n) is 10.8. The van der Waals surface area contributed by atoms with Gasteiger partial charge in [-0.2, -0.15) is 0 Å². The van der Waals surface area contributed by atoms with Crippen molar-refractivity contribution in [2.75, 3.05) is 6.61 Å². The highest BCUT2D eigenvalue weighted by Gasteiger charge is 2.16. The Morgan fingerprint density at radius 1 is 1.16 bits per heavy atom. The quantitative estimate of drug-likeness (QED) is 0.443. The number of hydrogen-bond donors (Lipinski definition) is 1. The van der Waals surface area contributed by atoms with Crippen LogP contribution >= 0.6 is 0 Å². The molecule has 1 aromatic carbocycles. The summed E-state index contributed by atoms with van der Waals surface area (Å²) in [4.78, 5) is 22.7. The fraction of sp³-hybridized carbons (Fsp3) is 0.333. The molecule has 0 heterocycles. The van der Waals surface area contributed by atoms with Crippen LogP contribution in [0.4, 0.5) is 0 Å². The van der Waals surface area contributed by atoms with Crippen LogP contribution in [0.1, 0.15) is 46.4 Å². The van der Waals surface area contributed by atoms with Crippen molar-refractivity contribution in [2.24, 2.45) is 0 Å². The first-order valence-electron chi connectivity index (χ1n) is 6.27. The van der Waals surface area contributed by atoms with Gasteiger partial charge in [0.25, 0.3) is 0 Å². The number of carboxylic acid groups (broad SMARTS) is 1. The first kappa shape index (κ1) is 15.0. The Morgan fingerprint density at radius 2 is 1.84 bits per heavy atom. The molecule has 0 radical (unpaired) electrons. The standard InChI is InChI=1S/C15H18O4/c1-2-3-4-5-8-11-19-15(18)13-10-7-6-9-12(13)14(16)17/h2,6-7,9-10H,1,3-5,8,11H2,(H,16,17). The minimum atomic E-state index is -1.13. The Balaban J connectivity index is 2.45. The number of rotatable bonds is 8. The van der Waals surface area contributed by atoms with Crippen molar-refractivity contribution in [3.05, 3.63) is 48.0 Å². The van der Waals surface area contributed by atoms with Gasteiger partial charge < -0.3 is 9.84 Å². The number of ether oxygens (including phenoxy) is 1. The highest BCUT2D eigenvalue weighted by molar-refractivity contribution is 6.02. The van der Waals surface area contributed by atoms with Gasteiger partial charge in [-0.15, -0.1) is 6.58 Å². The molecule has 19 heavy (non-hydrogen) atoms. The fourth-order valence-electron chi connectivity index (χ4n) is 1.66. The van der Waals surface area contributed by atoms with Crippen LogP contribution in [0.2, 0.25) is 0 Å².